The lowest BCUT2D eigenvalue weighted by molar-refractivity contribution is 0.400. The number of nitrogens with one attached hydrogen (secondary N) is 2. The average molecular weight is 295 g/mol. The third-order valence-electron chi connectivity index (χ3n) is 3.33. The third kappa shape index (κ3) is 3.22. The minimum Gasteiger partial charge on any atom is -0.360 e. The second-order valence-electron chi connectivity index (χ2n) is 5.16. The smallest absolute Gasteiger partial charge is 0.175 e. The molecule has 2 aromatic heterocycles. The zero-order valence-electron chi connectivity index (χ0n) is 12.7. The lowest BCUT2D eigenvalue weighted by Gasteiger charge is -2.09. The van der Waals surface area contributed by atoms with Crippen molar-refractivity contribution in [2.75, 3.05) is 10.6 Å². The molecular weight excluding hydrogens is 278 g/mol. The molecule has 0 aliphatic carbocycles. The first-order chi connectivity index (χ1) is 10.6. The fraction of sp³-hybridized carbons (Fsp3) is 0.188. The van der Waals surface area contributed by atoms with Crippen molar-refractivity contribution in [1.82, 2.24) is 15.1 Å². The fourth-order valence-corrected chi connectivity index (χ4v) is 2.02. The number of aromatic nitrogens is 3. The van der Waals surface area contributed by atoms with Gasteiger partial charge >= 0.3 is 0 Å². The molecule has 0 saturated carbocycles. The van der Waals surface area contributed by atoms with Gasteiger partial charge in [0.2, 0.25) is 0 Å². The van der Waals surface area contributed by atoms with Crippen LogP contribution < -0.4 is 10.6 Å². The molecule has 0 unspecified atom stereocenters. The first-order valence-electron chi connectivity index (χ1n) is 6.97. The number of aryl methyl sites for hydroxylation is 3. The van der Waals surface area contributed by atoms with Crippen molar-refractivity contribution < 1.29 is 4.52 Å². The second kappa shape index (κ2) is 5.85. The van der Waals surface area contributed by atoms with E-state index in [0.29, 0.717) is 17.5 Å². The molecule has 0 spiro atoms. The van der Waals surface area contributed by atoms with Gasteiger partial charge in [0.1, 0.15) is 23.7 Å². The Bertz CT molecular complexity index is 797. The summed E-state index contributed by atoms with van der Waals surface area (Å²) in [5, 5.41) is 10.2. The van der Waals surface area contributed by atoms with Gasteiger partial charge < -0.3 is 15.2 Å². The molecule has 0 amide bonds. The molecule has 3 aromatic rings. The molecular formula is C16H17N5O. The van der Waals surface area contributed by atoms with Crippen LogP contribution in [0.25, 0.3) is 0 Å². The van der Waals surface area contributed by atoms with Gasteiger partial charge in [0.15, 0.2) is 5.82 Å². The van der Waals surface area contributed by atoms with Gasteiger partial charge in [-0.15, -0.1) is 0 Å². The van der Waals surface area contributed by atoms with Crippen LogP contribution in [0.3, 0.4) is 0 Å². The van der Waals surface area contributed by atoms with Gasteiger partial charge in [-0.1, -0.05) is 11.2 Å². The van der Waals surface area contributed by atoms with E-state index in [4.69, 9.17) is 4.52 Å². The summed E-state index contributed by atoms with van der Waals surface area (Å²) in [6.45, 7) is 6.01. The van der Waals surface area contributed by atoms with Crippen LogP contribution in [0.15, 0.2) is 41.2 Å². The van der Waals surface area contributed by atoms with E-state index in [9.17, 15) is 0 Å². The van der Waals surface area contributed by atoms with E-state index < -0.39 is 0 Å². The van der Waals surface area contributed by atoms with E-state index in [-0.39, 0.29) is 0 Å². The molecule has 0 atom stereocenters. The molecule has 22 heavy (non-hydrogen) atoms. The van der Waals surface area contributed by atoms with Gasteiger partial charge in [0.05, 0.1) is 0 Å². The van der Waals surface area contributed by atoms with E-state index in [0.717, 1.165) is 11.4 Å². The number of benzene rings is 1. The van der Waals surface area contributed by atoms with Crippen LogP contribution in [0.2, 0.25) is 0 Å². The van der Waals surface area contributed by atoms with Gasteiger partial charge in [0, 0.05) is 17.8 Å². The maximum Gasteiger partial charge on any atom is 0.175 e. The first-order valence-corrected chi connectivity index (χ1v) is 6.97. The summed E-state index contributed by atoms with van der Waals surface area (Å²) in [6, 6.07) is 9.82. The Hall–Kier alpha value is -2.89. The Morgan fingerprint density at radius 2 is 1.59 bits per heavy atom. The van der Waals surface area contributed by atoms with Crippen molar-refractivity contribution in [2.45, 2.75) is 20.8 Å². The zero-order valence-corrected chi connectivity index (χ0v) is 12.7. The van der Waals surface area contributed by atoms with Crippen LogP contribution in [-0.2, 0) is 0 Å². The van der Waals surface area contributed by atoms with Crippen LogP contribution in [-0.4, -0.2) is 15.1 Å². The van der Waals surface area contributed by atoms with E-state index in [1.807, 2.05) is 19.1 Å². The SMILES string of the molecule is Cc1cc(Nc2cc(Nc3ccc(C)c(C)c3)ncn2)no1. The van der Waals surface area contributed by atoms with Gasteiger partial charge in [-0.25, -0.2) is 9.97 Å². The van der Waals surface area contributed by atoms with Crippen LogP contribution in [0, 0.1) is 20.8 Å². The number of hydrogen-bond donors (Lipinski definition) is 2. The highest BCUT2D eigenvalue weighted by molar-refractivity contribution is 5.62. The van der Waals surface area contributed by atoms with Crippen molar-refractivity contribution in [2.24, 2.45) is 0 Å². The van der Waals surface area contributed by atoms with Gasteiger partial charge in [0.25, 0.3) is 0 Å². The number of nitrogens with zero attached hydrogens (tertiary/aromatic N) is 3. The fourth-order valence-electron chi connectivity index (χ4n) is 2.02. The highest BCUT2D eigenvalue weighted by Gasteiger charge is 2.04. The molecule has 1 aromatic carbocycles. The van der Waals surface area contributed by atoms with Crippen LogP contribution in [0.4, 0.5) is 23.1 Å². The normalized spacial score (nSPS) is 10.5. The van der Waals surface area contributed by atoms with E-state index in [2.05, 4.69) is 51.7 Å². The summed E-state index contributed by atoms with van der Waals surface area (Å²) < 4.78 is 5.02. The summed E-state index contributed by atoms with van der Waals surface area (Å²) in [4.78, 5) is 8.40. The molecule has 0 aliphatic rings. The first kappa shape index (κ1) is 14.1. The monoisotopic (exact) mass is 295 g/mol. The van der Waals surface area contributed by atoms with Crippen molar-refractivity contribution in [1.29, 1.82) is 0 Å². The van der Waals surface area contributed by atoms with Gasteiger partial charge in [-0.05, 0) is 44.0 Å². The predicted molar refractivity (Wildman–Crippen MR) is 85.8 cm³/mol. The molecule has 6 nitrogen and oxygen atoms in total. The topological polar surface area (TPSA) is 75.9 Å². The molecule has 112 valence electrons. The lowest BCUT2D eigenvalue weighted by atomic mass is 10.1. The molecule has 3 rings (SSSR count). The van der Waals surface area contributed by atoms with E-state index in [1.54, 1.807) is 6.07 Å². The summed E-state index contributed by atoms with van der Waals surface area (Å²) in [6.07, 6.45) is 1.50. The molecule has 2 N–H and O–H groups in total. The Kier molecular flexibility index (Phi) is 3.74. The van der Waals surface area contributed by atoms with Crippen molar-refractivity contribution in [3.63, 3.8) is 0 Å². The van der Waals surface area contributed by atoms with E-state index in [1.165, 1.54) is 17.5 Å². The Morgan fingerprint density at radius 3 is 2.27 bits per heavy atom. The Morgan fingerprint density at radius 1 is 0.818 bits per heavy atom. The van der Waals surface area contributed by atoms with E-state index >= 15 is 0 Å². The van der Waals surface area contributed by atoms with Gasteiger partial charge in [-0.3, -0.25) is 0 Å². The van der Waals surface area contributed by atoms with Crippen molar-refractivity contribution >= 4 is 23.1 Å². The van der Waals surface area contributed by atoms with Crippen molar-refractivity contribution in [3.8, 4) is 0 Å². The molecule has 0 aliphatic heterocycles. The lowest BCUT2D eigenvalue weighted by Crippen LogP contribution is -1.99. The Balaban J connectivity index is 1.77. The minimum atomic E-state index is 0.619. The second-order valence-corrected chi connectivity index (χ2v) is 5.16. The summed E-state index contributed by atoms with van der Waals surface area (Å²) in [7, 11) is 0. The quantitative estimate of drug-likeness (QED) is 0.760. The molecule has 6 heteroatoms. The van der Waals surface area contributed by atoms with Crippen LogP contribution in [0.1, 0.15) is 16.9 Å². The van der Waals surface area contributed by atoms with Gasteiger partial charge in [-0.2, -0.15) is 0 Å². The highest BCUT2D eigenvalue weighted by atomic mass is 16.5. The van der Waals surface area contributed by atoms with Crippen molar-refractivity contribution in [3.05, 3.63) is 53.5 Å². The molecule has 0 saturated heterocycles. The standard InChI is InChI=1S/C16H17N5O/c1-10-4-5-13(6-11(10)2)19-14-8-15(18-9-17-14)20-16-7-12(3)22-21-16/h4-9H,1-3H3,(H2,17,18,19,20,21). The van der Waals surface area contributed by atoms with Crippen LogP contribution in [0.5, 0.6) is 0 Å². The molecule has 0 bridgehead atoms. The number of anilines is 4. The summed E-state index contributed by atoms with van der Waals surface area (Å²) in [5.74, 6) is 2.72. The number of hydrogen-bond acceptors (Lipinski definition) is 6. The third-order valence-corrected chi connectivity index (χ3v) is 3.33. The predicted octanol–water partition coefficient (Wildman–Crippen LogP) is 3.88. The maximum absolute atomic E-state index is 5.02. The Labute approximate surface area is 128 Å². The highest BCUT2D eigenvalue weighted by Crippen LogP contribution is 2.20. The zero-order chi connectivity index (χ0) is 15.5. The average Bonchev–Trinajstić information content (AvgIpc) is 2.89. The summed E-state index contributed by atoms with van der Waals surface area (Å²) >= 11 is 0. The molecule has 0 radical (unpaired) electrons. The largest absolute Gasteiger partial charge is 0.360 e. The summed E-state index contributed by atoms with van der Waals surface area (Å²) in [5.41, 5.74) is 3.48. The van der Waals surface area contributed by atoms with Crippen LogP contribution >= 0.6 is 0 Å². The molecule has 2 heterocycles. The maximum atomic E-state index is 5.02. The molecule has 0 fully saturated rings. The number of rotatable bonds is 4. The minimum absolute atomic E-state index is 0.619.